The average Bonchev–Trinajstić information content (AvgIpc) is 3.03. The monoisotopic (exact) mass is 355 g/mol. The van der Waals surface area contributed by atoms with Gasteiger partial charge in [-0.15, -0.1) is 0 Å². The highest BCUT2D eigenvalue weighted by molar-refractivity contribution is 6.04. The Morgan fingerprint density at radius 3 is 2.65 bits per heavy atom. The summed E-state index contributed by atoms with van der Waals surface area (Å²) in [7, 11) is 1.38. The third kappa shape index (κ3) is 3.49. The fourth-order valence-corrected chi connectivity index (χ4v) is 2.88. The Balaban J connectivity index is 1.77. The fraction of sp³-hybridized carbons (Fsp3) is 0.222. The van der Waals surface area contributed by atoms with Crippen LogP contribution in [0.2, 0.25) is 0 Å². The summed E-state index contributed by atoms with van der Waals surface area (Å²) in [6.45, 7) is 0.186. The SMILES string of the molecule is COc1cc([N+](=O)[O-])ccc1N1C[C@H](C(=O)Nc2ccccc2)CC1=O. The van der Waals surface area contributed by atoms with E-state index in [1.54, 1.807) is 12.1 Å². The summed E-state index contributed by atoms with van der Waals surface area (Å²) in [6.07, 6.45) is 0.0683. The molecule has 2 aromatic rings. The second-order valence-corrected chi connectivity index (χ2v) is 5.87. The molecule has 1 fully saturated rings. The Kier molecular flexibility index (Phi) is 4.83. The summed E-state index contributed by atoms with van der Waals surface area (Å²) in [5.74, 6) is -0.766. The number of rotatable bonds is 5. The van der Waals surface area contributed by atoms with Gasteiger partial charge in [0.2, 0.25) is 11.8 Å². The van der Waals surface area contributed by atoms with Gasteiger partial charge in [0.05, 0.1) is 29.7 Å². The van der Waals surface area contributed by atoms with E-state index in [0.29, 0.717) is 11.4 Å². The van der Waals surface area contributed by atoms with Gasteiger partial charge in [0, 0.05) is 24.7 Å². The molecule has 1 aliphatic heterocycles. The molecule has 1 saturated heterocycles. The summed E-state index contributed by atoms with van der Waals surface area (Å²) >= 11 is 0. The quantitative estimate of drug-likeness (QED) is 0.656. The minimum atomic E-state index is -0.534. The molecular formula is C18H17N3O5. The van der Waals surface area contributed by atoms with Crippen LogP contribution < -0.4 is 15.0 Å². The summed E-state index contributed by atoms with van der Waals surface area (Å²) < 4.78 is 5.19. The van der Waals surface area contributed by atoms with E-state index in [0.717, 1.165) is 0 Å². The summed E-state index contributed by atoms with van der Waals surface area (Å²) in [5.41, 5.74) is 0.949. The van der Waals surface area contributed by atoms with Crippen molar-refractivity contribution in [2.45, 2.75) is 6.42 Å². The highest BCUT2D eigenvalue weighted by Crippen LogP contribution is 2.35. The van der Waals surface area contributed by atoms with Crippen LogP contribution in [0, 0.1) is 16.0 Å². The normalized spacial score (nSPS) is 16.4. The van der Waals surface area contributed by atoms with E-state index in [1.165, 1.54) is 30.2 Å². The second kappa shape index (κ2) is 7.22. The van der Waals surface area contributed by atoms with Gasteiger partial charge in [0.1, 0.15) is 5.75 Å². The lowest BCUT2D eigenvalue weighted by Gasteiger charge is -2.19. The lowest BCUT2D eigenvalue weighted by Crippen LogP contribution is -2.28. The topological polar surface area (TPSA) is 102 Å². The van der Waals surface area contributed by atoms with Crippen LogP contribution in [-0.2, 0) is 9.59 Å². The van der Waals surface area contributed by atoms with Gasteiger partial charge in [-0.05, 0) is 18.2 Å². The van der Waals surface area contributed by atoms with E-state index in [9.17, 15) is 19.7 Å². The molecule has 8 nitrogen and oxygen atoms in total. The van der Waals surface area contributed by atoms with Gasteiger partial charge in [-0.3, -0.25) is 19.7 Å². The van der Waals surface area contributed by atoms with Crippen molar-refractivity contribution in [1.82, 2.24) is 0 Å². The van der Waals surface area contributed by atoms with E-state index in [-0.39, 0.29) is 36.2 Å². The van der Waals surface area contributed by atoms with Crippen LogP contribution in [0.25, 0.3) is 0 Å². The predicted octanol–water partition coefficient (Wildman–Crippen LogP) is 2.60. The van der Waals surface area contributed by atoms with Crippen LogP contribution in [0.15, 0.2) is 48.5 Å². The predicted molar refractivity (Wildman–Crippen MR) is 95.2 cm³/mol. The summed E-state index contributed by atoms with van der Waals surface area (Å²) in [5, 5.41) is 13.7. The molecule has 3 rings (SSSR count). The second-order valence-electron chi connectivity index (χ2n) is 5.87. The summed E-state index contributed by atoms with van der Waals surface area (Å²) in [6, 6.07) is 13.0. The Labute approximate surface area is 149 Å². The number of benzene rings is 2. The first-order valence-corrected chi connectivity index (χ1v) is 7.98. The zero-order valence-electron chi connectivity index (χ0n) is 14.0. The number of non-ortho nitro benzene ring substituents is 1. The van der Waals surface area contributed by atoms with Gasteiger partial charge >= 0.3 is 0 Å². The van der Waals surface area contributed by atoms with Crippen molar-refractivity contribution in [2.75, 3.05) is 23.9 Å². The maximum Gasteiger partial charge on any atom is 0.273 e. The Morgan fingerprint density at radius 1 is 1.27 bits per heavy atom. The van der Waals surface area contributed by atoms with E-state index < -0.39 is 10.8 Å². The Hall–Kier alpha value is -3.42. The van der Waals surface area contributed by atoms with Crippen LogP contribution in [-0.4, -0.2) is 30.4 Å². The van der Waals surface area contributed by atoms with Gasteiger partial charge in [-0.25, -0.2) is 0 Å². The van der Waals surface area contributed by atoms with Gasteiger partial charge in [0.25, 0.3) is 5.69 Å². The van der Waals surface area contributed by atoms with Crippen LogP contribution in [0.3, 0.4) is 0 Å². The Bertz CT molecular complexity index is 853. The molecule has 0 unspecified atom stereocenters. The van der Waals surface area contributed by atoms with Crippen LogP contribution >= 0.6 is 0 Å². The minimum absolute atomic E-state index is 0.0683. The number of nitrogens with zero attached hydrogens (tertiary/aromatic N) is 2. The van der Waals surface area contributed by atoms with Crippen molar-refractivity contribution in [3.8, 4) is 5.75 Å². The first-order valence-electron chi connectivity index (χ1n) is 7.98. The van der Waals surface area contributed by atoms with Gasteiger partial charge in [-0.1, -0.05) is 18.2 Å². The van der Waals surface area contributed by atoms with Crippen molar-refractivity contribution in [3.05, 3.63) is 58.6 Å². The van der Waals surface area contributed by atoms with Crippen molar-refractivity contribution in [2.24, 2.45) is 5.92 Å². The van der Waals surface area contributed by atoms with E-state index in [4.69, 9.17) is 4.74 Å². The van der Waals surface area contributed by atoms with E-state index >= 15 is 0 Å². The molecule has 26 heavy (non-hydrogen) atoms. The lowest BCUT2D eigenvalue weighted by atomic mass is 10.1. The third-order valence-electron chi connectivity index (χ3n) is 4.20. The molecule has 1 N–H and O–H groups in total. The molecule has 2 aromatic carbocycles. The van der Waals surface area contributed by atoms with Crippen LogP contribution in [0.4, 0.5) is 17.1 Å². The first-order chi connectivity index (χ1) is 12.5. The number of methoxy groups -OCH3 is 1. The summed E-state index contributed by atoms with van der Waals surface area (Å²) in [4.78, 5) is 36.6. The van der Waals surface area contributed by atoms with Crippen LogP contribution in [0.5, 0.6) is 5.75 Å². The van der Waals surface area contributed by atoms with Gasteiger partial charge < -0.3 is 15.0 Å². The van der Waals surface area contributed by atoms with Gasteiger partial charge in [0.15, 0.2) is 0 Å². The average molecular weight is 355 g/mol. The molecule has 134 valence electrons. The number of nitro benzene ring substituents is 1. The zero-order valence-corrected chi connectivity index (χ0v) is 14.0. The molecule has 1 atom stereocenters. The van der Waals surface area contributed by atoms with E-state index in [2.05, 4.69) is 5.32 Å². The molecule has 2 amide bonds. The zero-order chi connectivity index (χ0) is 18.7. The number of anilines is 2. The van der Waals surface area contributed by atoms with Crippen molar-refractivity contribution in [1.29, 1.82) is 0 Å². The highest BCUT2D eigenvalue weighted by Gasteiger charge is 2.36. The number of nitro groups is 1. The number of para-hydroxylation sites is 1. The molecule has 1 heterocycles. The minimum Gasteiger partial charge on any atom is -0.494 e. The number of ether oxygens (including phenoxy) is 1. The molecule has 0 aromatic heterocycles. The number of hydrogen-bond acceptors (Lipinski definition) is 5. The van der Waals surface area contributed by atoms with Crippen molar-refractivity contribution >= 4 is 28.9 Å². The molecule has 0 saturated carbocycles. The molecule has 0 spiro atoms. The lowest BCUT2D eigenvalue weighted by molar-refractivity contribution is -0.384. The van der Waals surface area contributed by atoms with Crippen molar-refractivity contribution in [3.63, 3.8) is 0 Å². The number of carbonyl (C=O) groups excluding carboxylic acids is 2. The maximum atomic E-state index is 12.4. The highest BCUT2D eigenvalue weighted by atomic mass is 16.6. The van der Waals surface area contributed by atoms with Gasteiger partial charge in [-0.2, -0.15) is 0 Å². The molecule has 0 bridgehead atoms. The third-order valence-corrected chi connectivity index (χ3v) is 4.20. The molecule has 0 aliphatic carbocycles. The van der Waals surface area contributed by atoms with Crippen molar-refractivity contribution < 1.29 is 19.2 Å². The van der Waals surface area contributed by atoms with Crippen LogP contribution in [0.1, 0.15) is 6.42 Å². The number of carbonyl (C=O) groups is 2. The first kappa shape index (κ1) is 17.4. The number of nitrogens with one attached hydrogen (secondary N) is 1. The molecular weight excluding hydrogens is 338 g/mol. The standard InChI is InChI=1S/C18H17N3O5/c1-26-16-10-14(21(24)25)7-8-15(16)20-11-12(9-17(20)22)18(23)19-13-5-3-2-4-6-13/h2-8,10,12H,9,11H2,1H3,(H,19,23)/t12-/m1/s1. The fourth-order valence-electron chi connectivity index (χ4n) is 2.88. The van der Waals surface area contributed by atoms with E-state index in [1.807, 2.05) is 18.2 Å². The molecule has 8 heteroatoms. The largest absolute Gasteiger partial charge is 0.494 e. The molecule has 1 aliphatic rings. The number of amides is 2. The maximum absolute atomic E-state index is 12.4. The molecule has 0 radical (unpaired) electrons. The smallest absolute Gasteiger partial charge is 0.273 e. The number of hydrogen-bond donors (Lipinski definition) is 1. The Morgan fingerprint density at radius 2 is 2.00 bits per heavy atom.